The molecular formula is C37H37Cl2N7O2. The van der Waals surface area contributed by atoms with E-state index in [-0.39, 0.29) is 6.61 Å². The molecule has 1 aliphatic rings. The van der Waals surface area contributed by atoms with Gasteiger partial charge in [0.05, 0.1) is 13.3 Å². The van der Waals surface area contributed by atoms with Crippen LogP contribution < -0.4 is 25.1 Å². The Morgan fingerprint density at radius 1 is 0.875 bits per heavy atom. The number of ether oxygens (including phenoxy) is 2. The number of methoxy groups -OCH3 is 1. The summed E-state index contributed by atoms with van der Waals surface area (Å²) in [7, 11) is 1.59. The minimum atomic E-state index is 0.271. The minimum absolute atomic E-state index is 0.271. The third kappa shape index (κ3) is 8.93. The molecule has 1 saturated heterocycles. The lowest BCUT2D eigenvalue weighted by molar-refractivity contribution is 0.284. The van der Waals surface area contributed by atoms with E-state index in [1.54, 1.807) is 25.5 Å². The van der Waals surface area contributed by atoms with Gasteiger partial charge in [-0.25, -0.2) is 5.43 Å². The number of benzene rings is 4. The molecule has 0 amide bonds. The van der Waals surface area contributed by atoms with Gasteiger partial charge in [0, 0.05) is 34.4 Å². The number of piperidine rings is 1. The molecular weight excluding hydrogens is 645 g/mol. The smallest absolute Gasteiger partial charge is 0.250 e. The van der Waals surface area contributed by atoms with Crippen molar-refractivity contribution in [3.8, 4) is 11.5 Å². The first-order valence-corrected chi connectivity index (χ1v) is 16.6. The van der Waals surface area contributed by atoms with E-state index in [0.717, 1.165) is 49.2 Å². The summed E-state index contributed by atoms with van der Waals surface area (Å²) in [5.74, 6) is 3.16. The maximum Gasteiger partial charge on any atom is 0.250 e. The van der Waals surface area contributed by atoms with Crippen LogP contribution in [0.3, 0.4) is 0 Å². The zero-order valence-corrected chi connectivity index (χ0v) is 28.4. The molecule has 2 N–H and O–H groups in total. The molecule has 0 unspecified atom stereocenters. The van der Waals surface area contributed by atoms with Gasteiger partial charge in [-0.05, 0) is 85.7 Å². The summed E-state index contributed by atoms with van der Waals surface area (Å²) >= 11 is 12.3. The van der Waals surface area contributed by atoms with Crippen LogP contribution in [0.2, 0.25) is 10.0 Å². The standard InChI is InChI=1S/C37H37Cl2N7O2/c1-25-8-13-31(14-9-25)41-35-42-36(44-37(43-35)46-18-16-27(17-19-46)20-26-6-4-3-5-7-26)45-40-23-28-10-15-33(34(21-28)47-2)48-24-29-11-12-30(38)22-32(29)39/h3-15,21-23,27H,16-20,24H2,1-2H3,(H2,41,42,43,44,45)/b40-23+. The number of nitrogens with zero attached hydrogens (tertiary/aromatic N) is 5. The summed E-state index contributed by atoms with van der Waals surface area (Å²) in [5.41, 5.74) is 8.07. The van der Waals surface area contributed by atoms with Gasteiger partial charge >= 0.3 is 0 Å². The molecule has 1 fully saturated rings. The Morgan fingerprint density at radius 3 is 2.40 bits per heavy atom. The van der Waals surface area contributed by atoms with Crippen LogP contribution in [0.4, 0.5) is 23.5 Å². The van der Waals surface area contributed by atoms with Crippen LogP contribution >= 0.6 is 23.2 Å². The third-order valence-electron chi connectivity index (χ3n) is 8.16. The monoisotopic (exact) mass is 681 g/mol. The average molecular weight is 683 g/mol. The second kappa shape index (κ2) is 15.8. The fraction of sp³-hybridized carbons (Fsp3) is 0.243. The molecule has 2 heterocycles. The first-order valence-electron chi connectivity index (χ1n) is 15.8. The van der Waals surface area contributed by atoms with Crippen LogP contribution in [-0.4, -0.2) is 41.4 Å². The highest BCUT2D eigenvalue weighted by atomic mass is 35.5. The van der Waals surface area contributed by atoms with Gasteiger partial charge in [-0.1, -0.05) is 77.3 Å². The van der Waals surface area contributed by atoms with E-state index in [1.165, 1.54) is 11.1 Å². The van der Waals surface area contributed by atoms with Crippen molar-refractivity contribution in [2.24, 2.45) is 11.0 Å². The molecule has 1 aliphatic heterocycles. The normalized spacial score (nSPS) is 13.5. The minimum Gasteiger partial charge on any atom is -0.493 e. The maximum absolute atomic E-state index is 6.30. The second-order valence-electron chi connectivity index (χ2n) is 11.7. The number of halogens is 2. The first kappa shape index (κ1) is 33.1. The quantitative estimate of drug-likeness (QED) is 0.0997. The summed E-state index contributed by atoms with van der Waals surface area (Å²) in [5, 5.41) is 8.88. The largest absolute Gasteiger partial charge is 0.493 e. The van der Waals surface area contributed by atoms with Gasteiger partial charge < -0.3 is 19.7 Å². The van der Waals surface area contributed by atoms with Crippen LogP contribution in [-0.2, 0) is 13.0 Å². The number of hydrogen-bond donors (Lipinski definition) is 2. The number of rotatable bonds is 12. The molecule has 5 aromatic rings. The first-order chi connectivity index (χ1) is 23.4. The van der Waals surface area contributed by atoms with E-state index in [2.05, 4.69) is 63.0 Å². The number of aromatic nitrogens is 3. The average Bonchev–Trinajstić information content (AvgIpc) is 3.10. The number of nitrogens with one attached hydrogen (secondary N) is 2. The zero-order chi connectivity index (χ0) is 33.3. The Labute approximate surface area is 291 Å². The van der Waals surface area contributed by atoms with Gasteiger partial charge in [-0.15, -0.1) is 0 Å². The number of hydrazone groups is 1. The fourth-order valence-corrected chi connectivity index (χ4v) is 5.97. The third-order valence-corrected chi connectivity index (χ3v) is 8.75. The Hall–Kier alpha value is -4.86. The molecule has 0 radical (unpaired) electrons. The summed E-state index contributed by atoms with van der Waals surface area (Å²) in [6.45, 7) is 4.06. The van der Waals surface area contributed by atoms with Crippen molar-refractivity contribution < 1.29 is 9.47 Å². The topological polar surface area (TPSA) is 96.8 Å². The molecule has 0 saturated carbocycles. The van der Waals surface area contributed by atoms with Gasteiger partial charge in [-0.2, -0.15) is 20.1 Å². The van der Waals surface area contributed by atoms with Crippen LogP contribution in [0.1, 0.15) is 35.1 Å². The predicted molar refractivity (Wildman–Crippen MR) is 194 cm³/mol. The van der Waals surface area contributed by atoms with Gasteiger partial charge in [0.15, 0.2) is 11.5 Å². The van der Waals surface area contributed by atoms with E-state index in [1.807, 2.05) is 48.5 Å². The highest BCUT2D eigenvalue weighted by Crippen LogP contribution is 2.30. The van der Waals surface area contributed by atoms with Crippen molar-refractivity contribution in [2.45, 2.75) is 32.8 Å². The molecule has 0 spiro atoms. The molecule has 1 aromatic heterocycles. The molecule has 0 atom stereocenters. The SMILES string of the molecule is COc1cc(/C=N/Nc2nc(Nc3ccc(C)cc3)nc(N3CCC(Cc4ccccc4)CC3)n2)ccc1OCc1ccc(Cl)cc1Cl. The van der Waals surface area contributed by atoms with E-state index in [9.17, 15) is 0 Å². The van der Waals surface area contributed by atoms with Crippen LogP contribution in [0.15, 0.2) is 96.1 Å². The molecule has 6 rings (SSSR count). The summed E-state index contributed by atoms with van der Waals surface area (Å²) < 4.78 is 11.6. The highest BCUT2D eigenvalue weighted by molar-refractivity contribution is 6.35. The van der Waals surface area contributed by atoms with Crippen molar-refractivity contribution in [2.75, 3.05) is 35.8 Å². The van der Waals surface area contributed by atoms with Crippen LogP contribution in [0, 0.1) is 12.8 Å². The lowest BCUT2D eigenvalue weighted by atomic mass is 9.90. The Kier molecular flexibility index (Phi) is 10.9. The number of hydrogen-bond acceptors (Lipinski definition) is 9. The summed E-state index contributed by atoms with van der Waals surface area (Å²) in [6.07, 6.45) is 4.89. The molecule has 4 aromatic carbocycles. The lowest BCUT2D eigenvalue weighted by Gasteiger charge is -2.32. The van der Waals surface area contributed by atoms with E-state index < -0.39 is 0 Å². The zero-order valence-electron chi connectivity index (χ0n) is 26.9. The van der Waals surface area contributed by atoms with Gasteiger partial charge in [0.25, 0.3) is 0 Å². The van der Waals surface area contributed by atoms with E-state index in [4.69, 9.17) is 42.6 Å². The highest BCUT2D eigenvalue weighted by Gasteiger charge is 2.22. The van der Waals surface area contributed by atoms with E-state index in [0.29, 0.717) is 45.3 Å². The summed E-state index contributed by atoms with van der Waals surface area (Å²) in [6, 6.07) is 29.7. The van der Waals surface area contributed by atoms with Crippen molar-refractivity contribution in [3.05, 3.63) is 123 Å². The van der Waals surface area contributed by atoms with Gasteiger partial charge in [0.1, 0.15) is 6.61 Å². The number of aryl methyl sites for hydroxylation is 1. The molecule has 0 bridgehead atoms. The molecule has 246 valence electrons. The fourth-order valence-electron chi connectivity index (χ4n) is 5.51. The van der Waals surface area contributed by atoms with Crippen molar-refractivity contribution in [1.82, 2.24) is 15.0 Å². The lowest BCUT2D eigenvalue weighted by Crippen LogP contribution is -2.35. The second-order valence-corrected chi connectivity index (χ2v) is 12.5. The van der Waals surface area contributed by atoms with Gasteiger partial charge in [-0.3, -0.25) is 0 Å². The van der Waals surface area contributed by atoms with Crippen molar-refractivity contribution >= 4 is 52.9 Å². The Morgan fingerprint density at radius 2 is 1.65 bits per heavy atom. The summed E-state index contributed by atoms with van der Waals surface area (Å²) in [4.78, 5) is 16.4. The van der Waals surface area contributed by atoms with Crippen molar-refractivity contribution in [1.29, 1.82) is 0 Å². The molecule has 0 aliphatic carbocycles. The molecule has 9 nitrogen and oxygen atoms in total. The molecule has 11 heteroatoms. The van der Waals surface area contributed by atoms with Gasteiger partial charge in [0.2, 0.25) is 17.8 Å². The Balaban J connectivity index is 1.14. The molecule has 48 heavy (non-hydrogen) atoms. The van der Waals surface area contributed by atoms with Crippen molar-refractivity contribution in [3.63, 3.8) is 0 Å². The maximum atomic E-state index is 6.30. The van der Waals surface area contributed by atoms with Crippen LogP contribution in [0.25, 0.3) is 0 Å². The van der Waals surface area contributed by atoms with E-state index >= 15 is 0 Å². The Bertz CT molecular complexity index is 1850. The van der Waals surface area contributed by atoms with Crippen LogP contribution in [0.5, 0.6) is 11.5 Å². The number of anilines is 4. The predicted octanol–water partition coefficient (Wildman–Crippen LogP) is 8.72.